The monoisotopic (exact) mass is 233 g/mol. The summed E-state index contributed by atoms with van der Waals surface area (Å²) in [5, 5.41) is 0. The van der Waals surface area contributed by atoms with Gasteiger partial charge in [0.05, 0.1) is 0 Å². The Labute approximate surface area is 106 Å². The molecule has 1 heteroatoms. The van der Waals surface area contributed by atoms with Crippen LogP contribution in [0.25, 0.3) is 0 Å². The molecular formula is C16H27N. The summed E-state index contributed by atoms with van der Waals surface area (Å²) < 4.78 is 0. The molecular weight excluding hydrogens is 206 g/mol. The Balaban J connectivity index is 2.75. The maximum Gasteiger partial charge on any atom is 0.0192 e. The summed E-state index contributed by atoms with van der Waals surface area (Å²) in [4.78, 5) is 0. The lowest BCUT2D eigenvalue weighted by atomic mass is 9.81. The zero-order chi connectivity index (χ0) is 13.1. The molecule has 0 saturated heterocycles. The highest BCUT2D eigenvalue weighted by Gasteiger charge is 2.25. The number of hydrogen-bond donors (Lipinski definition) is 1. The van der Waals surface area contributed by atoms with E-state index in [2.05, 4.69) is 58.9 Å². The number of nitrogens with two attached hydrogens (primary N) is 1. The van der Waals surface area contributed by atoms with Crippen LogP contribution in [-0.2, 0) is 6.42 Å². The summed E-state index contributed by atoms with van der Waals surface area (Å²) in [6, 6.07) is 8.91. The van der Waals surface area contributed by atoms with E-state index in [4.69, 9.17) is 5.73 Å². The molecule has 0 fully saturated rings. The second-order valence-electron chi connectivity index (χ2n) is 5.89. The molecule has 1 rings (SSSR count). The van der Waals surface area contributed by atoms with Crippen LogP contribution in [-0.4, -0.2) is 5.54 Å². The minimum Gasteiger partial charge on any atom is -0.325 e. The van der Waals surface area contributed by atoms with Crippen molar-refractivity contribution in [2.24, 2.45) is 11.7 Å². The van der Waals surface area contributed by atoms with Crippen molar-refractivity contribution in [3.63, 3.8) is 0 Å². The van der Waals surface area contributed by atoms with Crippen molar-refractivity contribution in [3.8, 4) is 0 Å². The Morgan fingerprint density at radius 3 is 2.06 bits per heavy atom. The van der Waals surface area contributed by atoms with E-state index in [0.717, 1.165) is 12.8 Å². The quantitative estimate of drug-likeness (QED) is 0.813. The van der Waals surface area contributed by atoms with E-state index in [1.165, 1.54) is 11.1 Å². The number of benzene rings is 1. The van der Waals surface area contributed by atoms with Crippen LogP contribution in [0, 0.1) is 5.92 Å². The molecule has 0 aliphatic rings. The average molecular weight is 233 g/mol. The van der Waals surface area contributed by atoms with Crippen molar-refractivity contribution in [1.29, 1.82) is 0 Å². The van der Waals surface area contributed by atoms with Crippen LogP contribution in [0.15, 0.2) is 24.3 Å². The summed E-state index contributed by atoms with van der Waals surface area (Å²) in [7, 11) is 0. The molecule has 0 aliphatic carbocycles. The van der Waals surface area contributed by atoms with Crippen molar-refractivity contribution in [2.75, 3.05) is 0 Å². The summed E-state index contributed by atoms with van der Waals surface area (Å²) in [5.74, 6) is 1.15. The van der Waals surface area contributed by atoms with Gasteiger partial charge in [-0.2, -0.15) is 0 Å². The van der Waals surface area contributed by atoms with Gasteiger partial charge in [0.2, 0.25) is 0 Å². The summed E-state index contributed by atoms with van der Waals surface area (Å²) >= 11 is 0. The Kier molecular flexibility index (Phi) is 4.76. The van der Waals surface area contributed by atoms with Gasteiger partial charge >= 0.3 is 0 Å². The third-order valence-electron chi connectivity index (χ3n) is 3.97. The van der Waals surface area contributed by atoms with Crippen LogP contribution < -0.4 is 5.73 Å². The van der Waals surface area contributed by atoms with Gasteiger partial charge in [-0.25, -0.2) is 0 Å². The van der Waals surface area contributed by atoms with Gasteiger partial charge in [-0.05, 0) is 36.3 Å². The minimum atomic E-state index is -0.103. The molecule has 2 unspecified atom stereocenters. The first-order chi connectivity index (χ1) is 7.86. The molecule has 1 aromatic carbocycles. The predicted molar refractivity (Wildman–Crippen MR) is 76.3 cm³/mol. The fourth-order valence-corrected chi connectivity index (χ4v) is 2.10. The molecule has 0 heterocycles. The molecule has 2 atom stereocenters. The van der Waals surface area contributed by atoms with Gasteiger partial charge < -0.3 is 5.73 Å². The second-order valence-corrected chi connectivity index (χ2v) is 5.89. The molecule has 1 aromatic rings. The van der Waals surface area contributed by atoms with Crippen molar-refractivity contribution in [2.45, 2.75) is 58.9 Å². The maximum atomic E-state index is 6.40. The summed E-state index contributed by atoms with van der Waals surface area (Å²) in [6.07, 6.45) is 2.09. The van der Waals surface area contributed by atoms with E-state index in [0.29, 0.717) is 11.8 Å². The first-order valence-electron chi connectivity index (χ1n) is 6.74. The van der Waals surface area contributed by atoms with Gasteiger partial charge in [-0.1, -0.05) is 58.4 Å². The van der Waals surface area contributed by atoms with Gasteiger partial charge in [0.15, 0.2) is 0 Å². The fraction of sp³-hybridized carbons (Fsp3) is 0.625. The lowest BCUT2D eigenvalue weighted by Gasteiger charge is -2.31. The normalized spacial score (nSPS) is 16.9. The molecule has 1 nitrogen and oxygen atoms in total. The Bertz CT molecular complexity index is 335. The molecule has 0 aromatic heterocycles. The molecule has 17 heavy (non-hydrogen) atoms. The molecule has 96 valence electrons. The van der Waals surface area contributed by atoms with E-state index in [1.807, 2.05) is 0 Å². The van der Waals surface area contributed by atoms with E-state index in [1.54, 1.807) is 0 Å². The zero-order valence-corrected chi connectivity index (χ0v) is 12.0. The topological polar surface area (TPSA) is 26.0 Å². The van der Waals surface area contributed by atoms with Crippen molar-refractivity contribution < 1.29 is 0 Å². The van der Waals surface area contributed by atoms with Crippen molar-refractivity contribution in [3.05, 3.63) is 35.4 Å². The lowest BCUT2D eigenvalue weighted by molar-refractivity contribution is 0.306. The average Bonchev–Trinajstić information content (AvgIpc) is 2.28. The van der Waals surface area contributed by atoms with Gasteiger partial charge in [0, 0.05) is 5.54 Å². The van der Waals surface area contributed by atoms with Crippen LogP contribution in [0.4, 0.5) is 0 Å². The smallest absolute Gasteiger partial charge is 0.0192 e. The van der Waals surface area contributed by atoms with Crippen molar-refractivity contribution >= 4 is 0 Å². The van der Waals surface area contributed by atoms with Gasteiger partial charge in [-0.15, -0.1) is 0 Å². The molecule has 0 spiro atoms. The minimum absolute atomic E-state index is 0.103. The third kappa shape index (κ3) is 3.85. The van der Waals surface area contributed by atoms with Gasteiger partial charge in [0.1, 0.15) is 0 Å². The van der Waals surface area contributed by atoms with Crippen LogP contribution in [0.2, 0.25) is 0 Å². The van der Waals surface area contributed by atoms with Crippen LogP contribution in [0.1, 0.15) is 58.1 Å². The highest BCUT2D eigenvalue weighted by molar-refractivity contribution is 5.26. The fourth-order valence-electron chi connectivity index (χ4n) is 2.10. The Morgan fingerprint density at radius 2 is 1.65 bits per heavy atom. The first kappa shape index (κ1) is 14.2. The Hall–Kier alpha value is -0.820. The largest absolute Gasteiger partial charge is 0.325 e. The third-order valence-corrected chi connectivity index (χ3v) is 3.97. The van der Waals surface area contributed by atoms with Crippen LogP contribution in [0.5, 0.6) is 0 Å². The highest BCUT2D eigenvalue weighted by Crippen LogP contribution is 2.23. The van der Waals surface area contributed by atoms with Gasteiger partial charge in [0.25, 0.3) is 0 Å². The molecule has 0 saturated carbocycles. The second kappa shape index (κ2) is 5.68. The molecule has 0 aliphatic heterocycles. The molecule has 2 N–H and O–H groups in total. The Morgan fingerprint density at radius 1 is 1.12 bits per heavy atom. The molecule has 0 amide bonds. The zero-order valence-electron chi connectivity index (χ0n) is 12.0. The number of rotatable bonds is 5. The summed E-state index contributed by atoms with van der Waals surface area (Å²) in [5.41, 5.74) is 9.04. The predicted octanol–water partition coefficient (Wildman–Crippen LogP) is 4.12. The van der Waals surface area contributed by atoms with E-state index in [-0.39, 0.29) is 5.54 Å². The number of hydrogen-bond acceptors (Lipinski definition) is 1. The van der Waals surface area contributed by atoms with E-state index < -0.39 is 0 Å². The van der Waals surface area contributed by atoms with Crippen molar-refractivity contribution in [1.82, 2.24) is 0 Å². The molecule has 0 radical (unpaired) electrons. The first-order valence-corrected chi connectivity index (χ1v) is 6.74. The van der Waals surface area contributed by atoms with Crippen LogP contribution >= 0.6 is 0 Å². The maximum absolute atomic E-state index is 6.40. The highest BCUT2D eigenvalue weighted by atomic mass is 14.7. The van der Waals surface area contributed by atoms with E-state index >= 15 is 0 Å². The van der Waals surface area contributed by atoms with Crippen LogP contribution in [0.3, 0.4) is 0 Å². The lowest BCUT2D eigenvalue weighted by Crippen LogP contribution is -2.44. The SMILES string of the molecule is CCC(C)C(C)(N)Cc1ccc(C(C)C)cc1. The molecule has 0 bridgehead atoms. The standard InChI is InChI=1S/C16H27N/c1-6-13(4)16(5,17)11-14-7-9-15(10-8-14)12(2)3/h7-10,12-13H,6,11,17H2,1-5H3. The van der Waals surface area contributed by atoms with E-state index in [9.17, 15) is 0 Å². The summed E-state index contributed by atoms with van der Waals surface area (Å²) in [6.45, 7) is 11.1. The van der Waals surface area contributed by atoms with Gasteiger partial charge in [-0.3, -0.25) is 0 Å².